The number of rotatable bonds is 2. The highest BCUT2D eigenvalue weighted by Gasteiger charge is 2.40. The number of fused-ring (bicyclic) bond motifs is 2. The number of para-hydroxylation sites is 2. The second-order valence-electron chi connectivity index (χ2n) is 10.4. The lowest BCUT2D eigenvalue weighted by molar-refractivity contribution is -0.0287. The van der Waals surface area contributed by atoms with Gasteiger partial charge in [0, 0.05) is 15.6 Å². The van der Waals surface area contributed by atoms with E-state index in [1.165, 1.54) is 6.42 Å². The van der Waals surface area contributed by atoms with Gasteiger partial charge in [0.1, 0.15) is 5.36 Å². The van der Waals surface area contributed by atoms with Crippen molar-refractivity contribution in [2.75, 3.05) is 5.73 Å². The fraction of sp³-hybridized carbons (Fsp3) is 0.333. The first-order valence-corrected chi connectivity index (χ1v) is 12.3. The highest BCUT2D eigenvalue weighted by Crippen LogP contribution is 2.40. The third kappa shape index (κ3) is 4.01. The van der Waals surface area contributed by atoms with Crippen molar-refractivity contribution in [3.63, 3.8) is 0 Å². The minimum Gasteiger partial charge on any atom is -0.396 e. The van der Waals surface area contributed by atoms with Gasteiger partial charge < -0.3 is 10.7 Å². The molecule has 7 heteroatoms. The molecule has 0 radical (unpaired) electrons. The van der Waals surface area contributed by atoms with Gasteiger partial charge in [0.15, 0.2) is 0 Å². The van der Waals surface area contributed by atoms with Gasteiger partial charge in [-0.05, 0) is 88.9 Å². The molecule has 3 N–H and O–H groups in total. The number of piperidine rings is 1. The van der Waals surface area contributed by atoms with E-state index in [0.717, 1.165) is 46.4 Å². The van der Waals surface area contributed by atoms with Gasteiger partial charge in [-0.3, -0.25) is 5.01 Å². The monoisotopic (exact) mass is 493 g/mol. The van der Waals surface area contributed by atoms with Crippen molar-refractivity contribution in [2.24, 2.45) is 5.10 Å². The van der Waals surface area contributed by atoms with E-state index in [1.807, 2.05) is 42.5 Å². The standard InChI is InChI=1S/C27H29Cl2N5/c1-26(2)10-7-11-27(3,4)34(26)33-21-15-22-25(32-20-9-6-5-8-19(20)31-22)23(24(21)30)16-12-17(28)14-18(29)13-16/h5-6,8-9,12-15,31H,7,10-11,30H2,1-4H3. The van der Waals surface area contributed by atoms with Crippen LogP contribution in [-0.4, -0.2) is 26.1 Å². The van der Waals surface area contributed by atoms with E-state index in [1.54, 1.807) is 6.07 Å². The van der Waals surface area contributed by atoms with Crippen LogP contribution in [0.3, 0.4) is 0 Å². The first-order valence-electron chi connectivity index (χ1n) is 11.6. The van der Waals surface area contributed by atoms with Gasteiger partial charge in [0.25, 0.3) is 0 Å². The second kappa shape index (κ2) is 8.17. The summed E-state index contributed by atoms with van der Waals surface area (Å²) in [5.74, 6) is 0. The molecule has 0 spiro atoms. The molecule has 5 nitrogen and oxygen atoms in total. The van der Waals surface area contributed by atoms with E-state index in [9.17, 15) is 0 Å². The van der Waals surface area contributed by atoms with Crippen LogP contribution in [0.15, 0.2) is 53.6 Å². The van der Waals surface area contributed by atoms with Crippen LogP contribution in [-0.2, 0) is 0 Å². The van der Waals surface area contributed by atoms with Gasteiger partial charge in [0.05, 0.1) is 39.2 Å². The molecule has 0 atom stereocenters. The molecule has 2 aliphatic heterocycles. The number of aromatic amines is 1. The SMILES string of the molecule is CC1(C)CCCC(C)(C)N1N=c1cc2[nH]c3ccccc3nc-2c(-c2cc(Cl)cc(Cl)c2)c1N. The Balaban J connectivity index is 1.87. The zero-order valence-electron chi connectivity index (χ0n) is 19.9. The van der Waals surface area contributed by atoms with Gasteiger partial charge in [-0.25, -0.2) is 4.98 Å². The molecule has 0 aromatic heterocycles. The summed E-state index contributed by atoms with van der Waals surface area (Å²) in [7, 11) is 0. The Morgan fingerprint density at radius 2 is 1.62 bits per heavy atom. The Morgan fingerprint density at radius 3 is 2.29 bits per heavy atom. The quantitative estimate of drug-likeness (QED) is 0.231. The average molecular weight is 494 g/mol. The molecule has 1 saturated heterocycles. The van der Waals surface area contributed by atoms with Gasteiger partial charge in [-0.15, -0.1) is 0 Å². The lowest BCUT2D eigenvalue weighted by Gasteiger charge is -2.51. The highest BCUT2D eigenvalue weighted by molar-refractivity contribution is 6.35. The van der Waals surface area contributed by atoms with Gasteiger partial charge >= 0.3 is 0 Å². The summed E-state index contributed by atoms with van der Waals surface area (Å²) in [5, 5.41) is 9.19. The number of nitrogens with one attached hydrogen (secondary N) is 1. The summed E-state index contributed by atoms with van der Waals surface area (Å²) in [5.41, 5.74) is 12.2. The molecule has 0 bridgehead atoms. The number of H-pyrrole nitrogens is 1. The fourth-order valence-corrected chi connectivity index (χ4v) is 5.79. The van der Waals surface area contributed by atoms with Crippen LogP contribution in [0.1, 0.15) is 47.0 Å². The van der Waals surface area contributed by atoms with Gasteiger partial charge in [-0.2, -0.15) is 5.10 Å². The zero-order valence-corrected chi connectivity index (χ0v) is 21.4. The first-order chi connectivity index (χ1) is 16.0. The van der Waals surface area contributed by atoms with Crippen molar-refractivity contribution in [1.29, 1.82) is 0 Å². The third-order valence-electron chi connectivity index (χ3n) is 6.81. The van der Waals surface area contributed by atoms with Crippen molar-refractivity contribution < 1.29 is 0 Å². The molecule has 34 heavy (non-hydrogen) atoms. The number of benzene rings is 3. The molecule has 176 valence electrons. The summed E-state index contributed by atoms with van der Waals surface area (Å²) in [6.07, 6.45) is 3.32. The molecular formula is C27H29Cl2N5. The number of nitrogens with zero attached hydrogens (tertiary/aromatic N) is 3. The lowest BCUT2D eigenvalue weighted by atomic mass is 9.82. The van der Waals surface area contributed by atoms with Crippen LogP contribution in [0.2, 0.25) is 10.0 Å². The Hall–Kier alpha value is -2.76. The number of halogens is 2. The van der Waals surface area contributed by atoms with E-state index >= 15 is 0 Å². The molecule has 0 saturated carbocycles. The highest BCUT2D eigenvalue weighted by atomic mass is 35.5. The summed E-state index contributed by atoms with van der Waals surface area (Å²) in [6.45, 7) is 8.97. The van der Waals surface area contributed by atoms with Crippen LogP contribution in [0, 0.1) is 0 Å². The maximum Gasteiger partial charge on any atom is 0.109 e. The topological polar surface area (TPSA) is 70.3 Å². The van der Waals surface area contributed by atoms with Crippen LogP contribution in [0.4, 0.5) is 5.69 Å². The maximum absolute atomic E-state index is 6.86. The summed E-state index contributed by atoms with van der Waals surface area (Å²) in [4.78, 5) is 8.50. The van der Waals surface area contributed by atoms with Gasteiger partial charge in [-0.1, -0.05) is 35.3 Å². The summed E-state index contributed by atoms with van der Waals surface area (Å²) >= 11 is 12.8. The van der Waals surface area contributed by atoms with E-state index in [0.29, 0.717) is 21.1 Å². The molecule has 0 amide bonds. The van der Waals surface area contributed by atoms with E-state index in [4.69, 9.17) is 39.0 Å². The number of nitrogens with two attached hydrogens (primary N) is 1. The Morgan fingerprint density at radius 1 is 0.971 bits per heavy atom. The predicted octanol–water partition coefficient (Wildman–Crippen LogP) is 7.08. The molecule has 3 aliphatic rings. The van der Waals surface area contributed by atoms with Crippen LogP contribution in [0.25, 0.3) is 33.5 Å². The maximum atomic E-state index is 6.86. The fourth-order valence-electron chi connectivity index (χ4n) is 5.26. The number of hydrogen-bond donors (Lipinski definition) is 2. The zero-order chi connectivity index (χ0) is 24.3. The number of hydrogen-bond acceptors (Lipinski definition) is 4. The average Bonchev–Trinajstić information content (AvgIpc) is 2.74. The van der Waals surface area contributed by atoms with Gasteiger partial charge in [0.2, 0.25) is 0 Å². The molecule has 5 rings (SSSR count). The molecule has 1 fully saturated rings. The smallest absolute Gasteiger partial charge is 0.109 e. The Kier molecular flexibility index (Phi) is 5.53. The normalized spacial score (nSPS) is 18.1. The molecule has 2 aromatic carbocycles. The lowest BCUT2D eigenvalue weighted by Crippen LogP contribution is -2.56. The molecular weight excluding hydrogens is 465 g/mol. The number of nitrogen functional groups attached to an aromatic ring is 1. The van der Waals surface area contributed by atoms with Crippen molar-refractivity contribution >= 4 is 39.9 Å². The van der Waals surface area contributed by atoms with Crippen LogP contribution in [0.5, 0.6) is 0 Å². The molecule has 2 heterocycles. The minimum absolute atomic E-state index is 0.0893. The van der Waals surface area contributed by atoms with Crippen LogP contribution < -0.4 is 11.1 Å². The van der Waals surface area contributed by atoms with Crippen molar-refractivity contribution in [3.05, 3.63) is 63.9 Å². The molecule has 2 aromatic rings. The largest absolute Gasteiger partial charge is 0.396 e. The molecule has 0 unspecified atom stereocenters. The van der Waals surface area contributed by atoms with Crippen molar-refractivity contribution in [3.8, 4) is 22.5 Å². The third-order valence-corrected chi connectivity index (χ3v) is 7.24. The van der Waals surface area contributed by atoms with Crippen molar-refractivity contribution in [2.45, 2.75) is 58.0 Å². The minimum atomic E-state index is -0.0893. The van der Waals surface area contributed by atoms with E-state index < -0.39 is 0 Å². The second-order valence-corrected chi connectivity index (χ2v) is 11.3. The van der Waals surface area contributed by atoms with E-state index in [-0.39, 0.29) is 11.1 Å². The van der Waals surface area contributed by atoms with Crippen molar-refractivity contribution in [1.82, 2.24) is 15.0 Å². The number of aromatic nitrogens is 2. The van der Waals surface area contributed by atoms with Crippen LogP contribution >= 0.6 is 23.2 Å². The molecule has 1 aliphatic carbocycles. The summed E-state index contributed by atoms with van der Waals surface area (Å²) < 4.78 is 0. The van der Waals surface area contributed by atoms with E-state index in [2.05, 4.69) is 37.7 Å². The number of anilines is 1. The predicted molar refractivity (Wildman–Crippen MR) is 142 cm³/mol. The first kappa shape index (κ1) is 23.0. The Bertz CT molecular complexity index is 1400. The Labute approximate surface area is 209 Å². The summed E-state index contributed by atoms with van der Waals surface area (Å²) in [6, 6.07) is 15.4.